The van der Waals surface area contributed by atoms with E-state index in [1.165, 1.54) is 36.8 Å². The second-order valence-electron chi connectivity index (χ2n) is 11.0. The van der Waals surface area contributed by atoms with Gasteiger partial charge in [0.2, 0.25) is 0 Å². The van der Waals surface area contributed by atoms with E-state index in [0.717, 1.165) is 23.8 Å². The zero-order chi connectivity index (χ0) is 33.2. The Morgan fingerprint density at radius 2 is 1.77 bits per heavy atom. The summed E-state index contributed by atoms with van der Waals surface area (Å²) in [6, 6.07) is 14.8. The molecule has 1 aliphatic rings. The molecule has 1 unspecified atom stereocenters. The molecule has 7 nitrogen and oxygen atoms in total. The summed E-state index contributed by atoms with van der Waals surface area (Å²) in [7, 11) is 1.27. The molecule has 2 N–H and O–H groups in total. The number of fused-ring (bicyclic) bond motifs is 1. The molecule has 0 fully saturated rings. The normalized spacial score (nSPS) is 14.6. The van der Waals surface area contributed by atoms with Crippen LogP contribution in [0.15, 0.2) is 71.5 Å². The van der Waals surface area contributed by atoms with E-state index < -0.39 is 59.0 Å². The molecule has 4 aromatic rings. The fourth-order valence-electron chi connectivity index (χ4n) is 6.13. The first-order valence-corrected chi connectivity index (χ1v) is 14.6. The summed E-state index contributed by atoms with van der Waals surface area (Å²) in [6.45, 7) is 1.89. The number of methoxy groups -OCH3 is 1. The maximum absolute atomic E-state index is 15.7. The number of carboxylic acid groups (broad SMARTS) is 1. The summed E-state index contributed by atoms with van der Waals surface area (Å²) < 4.78 is 79.6. The quantitative estimate of drug-likeness (QED) is 0.146. The van der Waals surface area contributed by atoms with Crippen LogP contribution in [-0.2, 0) is 17.4 Å². The standard InChI is InChI=1S/C34H32F5N3O4.Na/c1-19-22(17-23-24(34(37,38)39)12-7-13-25(23)35)32-41-18-26(31(20-9-4-3-5-10-20)40-16-8-15-28(43)44)42(32)33(45)29(19)21-11-6-14-27(46-2)30(21)36;/h3-7,9-14,26,31,40-41H,8,15-18H2,1-2H3,(H,43,44);/q;+1/p-1/t26-,31?;/m0./s1. The van der Waals surface area contributed by atoms with Crippen molar-refractivity contribution in [2.45, 2.75) is 44.4 Å². The van der Waals surface area contributed by atoms with E-state index >= 15 is 8.78 Å². The number of alkyl halides is 3. The fourth-order valence-corrected chi connectivity index (χ4v) is 6.13. The topological polar surface area (TPSA) is 95.4 Å². The van der Waals surface area contributed by atoms with Crippen molar-refractivity contribution in [1.29, 1.82) is 0 Å². The van der Waals surface area contributed by atoms with Gasteiger partial charge in [0.25, 0.3) is 5.56 Å². The van der Waals surface area contributed by atoms with Gasteiger partial charge in [-0.15, -0.1) is 0 Å². The Kier molecular flexibility index (Phi) is 11.5. The van der Waals surface area contributed by atoms with E-state index in [0.29, 0.717) is 0 Å². The van der Waals surface area contributed by atoms with Crippen molar-refractivity contribution >= 4 is 11.8 Å². The largest absolute Gasteiger partial charge is 1.00 e. The molecule has 47 heavy (non-hydrogen) atoms. The molecule has 0 bridgehead atoms. The number of carboxylic acids is 1. The molecule has 3 aromatic carbocycles. The van der Waals surface area contributed by atoms with Gasteiger partial charge in [-0.2, -0.15) is 13.2 Å². The van der Waals surface area contributed by atoms with Gasteiger partial charge in [-0.1, -0.05) is 48.5 Å². The molecule has 0 spiro atoms. The van der Waals surface area contributed by atoms with E-state index in [-0.39, 0.29) is 89.3 Å². The van der Waals surface area contributed by atoms with Crippen LogP contribution in [0.5, 0.6) is 5.75 Å². The number of aromatic nitrogens is 1. The summed E-state index contributed by atoms with van der Waals surface area (Å²) in [6.07, 6.45) is -5.36. The first kappa shape index (κ1) is 36.1. The van der Waals surface area contributed by atoms with E-state index in [2.05, 4.69) is 10.6 Å². The average molecular weight is 664 g/mol. The molecule has 0 amide bonds. The number of carbonyl (C=O) groups excluding carboxylic acids is 1. The Morgan fingerprint density at radius 1 is 1.06 bits per heavy atom. The number of anilines is 1. The van der Waals surface area contributed by atoms with Gasteiger partial charge in [0, 0.05) is 35.6 Å². The van der Waals surface area contributed by atoms with Gasteiger partial charge < -0.3 is 25.3 Å². The number of nitrogens with one attached hydrogen (secondary N) is 2. The Labute approximate surface area is 290 Å². The molecule has 0 aliphatic carbocycles. The molecule has 0 saturated heterocycles. The van der Waals surface area contributed by atoms with Crippen LogP contribution >= 0.6 is 0 Å². The van der Waals surface area contributed by atoms with Gasteiger partial charge in [-0.05, 0) is 55.6 Å². The number of hydrogen-bond acceptors (Lipinski definition) is 6. The van der Waals surface area contributed by atoms with Crippen molar-refractivity contribution in [3.8, 4) is 16.9 Å². The average Bonchev–Trinajstić information content (AvgIpc) is 3.45. The summed E-state index contributed by atoms with van der Waals surface area (Å²) >= 11 is 0. The molecule has 13 heteroatoms. The van der Waals surface area contributed by atoms with Crippen LogP contribution < -0.4 is 55.6 Å². The molecule has 242 valence electrons. The number of aliphatic carboxylic acids is 1. The minimum atomic E-state index is -4.86. The molecule has 1 aliphatic heterocycles. The molecule has 5 rings (SSSR count). The van der Waals surface area contributed by atoms with Gasteiger partial charge >= 0.3 is 35.7 Å². The number of rotatable bonds is 11. The van der Waals surface area contributed by atoms with Gasteiger partial charge in [-0.3, -0.25) is 9.36 Å². The third-order valence-corrected chi connectivity index (χ3v) is 8.29. The zero-order valence-corrected chi connectivity index (χ0v) is 28.0. The molecular weight excluding hydrogens is 632 g/mol. The second kappa shape index (κ2) is 15.0. The number of benzene rings is 3. The molecule has 1 aromatic heterocycles. The minimum Gasteiger partial charge on any atom is -0.550 e. The number of pyridine rings is 1. The van der Waals surface area contributed by atoms with E-state index in [4.69, 9.17) is 4.74 Å². The third-order valence-electron chi connectivity index (χ3n) is 8.29. The maximum atomic E-state index is 15.7. The van der Waals surface area contributed by atoms with Crippen molar-refractivity contribution in [3.63, 3.8) is 0 Å². The molecule has 0 radical (unpaired) electrons. The van der Waals surface area contributed by atoms with E-state index in [9.17, 15) is 27.9 Å². The van der Waals surface area contributed by atoms with Gasteiger partial charge in [0.05, 0.1) is 30.3 Å². The number of hydrogen-bond donors (Lipinski definition) is 2. The predicted molar refractivity (Wildman–Crippen MR) is 161 cm³/mol. The molecule has 0 saturated carbocycles. The Hall–Kier alpha value is -3.71. The summed E-state index contributed by atoms with van der Waals surface area (Å²) in [5, 5.41) is 17.5. The molecule has 2 atom stereocenters. The summed E-state index contributed by atoms with van der Waals surface area (Å²) in [5.41, 5.74) is -1.46. The van der Waals surface area contributed by atoms with Gasteiger partial charge in [-0.25, -0.2) is 8.78 Å². The van der Waals surface area contributed by atoms with Crippen molar-refractivity contribution in [1.82, 2.24) is 9.88 Å². The third kappa shape index (κ3) is 7.40. The monoisotopic (exact) mass is 663 g/mol. The van der Waals surface area contributed by atoms with Crippen LogP contribution in [-0.4, -0.2) is 30.7 Å². The van der Waals surface area contributed by atoms with Gasteiger partial charge in [0.15, 0.2) is 11.6 Å². The van der Waals surface area contributed by atoms with Crippen LogP contribution in [0.3, 0.4) is 0 Å². The maximum Gasteiger partial charge on any atom is 1.00 e. The van der Waals surface area contributed by atoms with E-state index in [1.807, 2.05) is 12.1 Å². The van der Waals surface area contributed by atoms with Crippen molar-refractivity contribution in [2.75, 3.05) is 25.5 Å². The zero-order valence-electron chi connectivity index (χ0n) is 26.0. The van der Waals surface area contributed by atoms with Crippen LogP contribution in [0.25, 0.3) is 11.1 Å². The fraction of sp³-hybridized carbons (Fsp3) is 0.294. The molecule has 2 heterocycles. The first-order chi connectivity index (χ1) is 21.9. The second-order valence-corrected chi connectivity index (χ2v) is 11.0. The van der Waals surface area contributed by atoms with Crippen LogP contribution in [0, 0.1) is 18.6 Å². The van der Waals surface area contributed by atoms with Crippen molar-refractivity contribution in [2.24, 2.45) is 0 Å². The smallest absolute Gasteiger partial charge is 0.550 e. The Balaban J connectivity index is 0.00000500. The number of carbonyl (C=O) groups is 1. The molecular formula is C34H31F5N3NaO4. The summed E-state index contributed by atoms with van der Waals surface area (Å²) in [4.78, 5) is 25.5. The summed E-state index contributed by atoms with van der Waals surface area (Å²) in [5.74, 6) is -3.06. The minimum absolute atomic E-state index is 0. The number of ether oxygens (including phenoxy) is 1. The van der Waals surface area contributed by atoms with Crippen LogP contribution in [0.2, 0.25) is 0 Å². The number of halogens is 5. The van der Waals surface area contributed by atoms with Gasteiger partial charge in [0.1, 0.15) is 11.6 Å². The van der Waals surface area contributed by atoms with Crippen LogP contribution in [0.1, 0.15) is 52.7 Å². The Morgan fingerprint density at radius 3 is 2.43 bits per heavy atom. The first-order valence-electron chi connectivity index (χ1n) is 14.6. The predicted octanol–water partition coefficient (Wildman–Crippen LogP) is 2.55. The van der Waals surface area contributed by atoms with Crippen molar-refractivity contribution in [3.05, 3.63) is 117 Å². The SMILES string of the molecule is COc1cccc(-c2c(C)c(Cc3c(F)cccc3C(F)(F)F)c3n(c2=O)[C@H](C(NCCCC(=O)[O-])c2ccccc2)CN3)c1F.[Na+]. The number of nitrogens with zero attached hydrogens (tertiary/aromatic N) is 1. The van der Waals surface area contributed by atoms with Crippen molar-refractivity contribution < 1.29 is 66.1 Å². The van der Waals surface area contributed by atoms with E-state index in [1.54, 1.807) is 18.2 Å². The van der Waals surface area contributed by atoms with Crippen LogP contribution in [0.4, 0.5) is 27.8 Å². The Bertz CT molecular complexity index is 1810.